The maximum atomic E-state index is 13.4. The number of Topliss-reactive ketones (excluding diaryl/α,β-unsaturated/α-hetero) is 1. The number of halogens is 2. The van der Waals surface area contributed by atoms with Crippen LogP contribution in [0.15, 0.2) is 23.6 Å². The number of ketones is 1. The monoisotopic (exact) mass is 653 g/mol. The van der Waals surface area contributed by atoms with Crippen LogP contribution in [0.4, 0.5) is 18.7 Å². The number of nitrogens with two attached hydrogens (primary N) is 2. The molecular weight excluding hydrogens is 619 g/mol. The second kappa shape index (κ2) is 16.8. The molecule has 2 aromatic rings. The number of aromatic nitrogens is 1. The Hall–Kier alpha value is -4.20. The molecule has 4 amide bonds. The maximum absolute atomic E-state index is 13.4. The summed E-state index contributed by atoms with van der Waals surface area (Å²) in [5.74, 6) is -4.79. The number of urea groups is 1. The fourth-order valence-electron chi connectivity index (χ4n) is 4.63. The van der Waals surface area contributed by atoms with Crippen LogP contribution in [0.3, 0.4) is 0 Å². The molecule has 0 aliphatic carbocycles. The zero-order valence-corrected chi connectivity index (χ0v) is 24.9. The average molecular weight is 653 g/mol. The molecule has 1 saturated heterocycles. The Balaban J connectivity index is 0.000000707. The van der Waals surface area contributed by atoms with Gasteiger partial charge in [-0.3, -0.25) is 19.3 Å². The predicted octanol–water partition coefficient (Wildman–Crippen LogP) is -0.236. The Kier molecular flexibility index (Phi) is 13.1. The Morgan fingerprint density at radius 2 is 1.93 bits per heavy atom. The van der Waals surface area contributed by atoms with E-state index in [1.165, 1.54) is 17.5 Å². The van der Waals surface area contributed by atoms with Crippen LogP contribution in [0.5, 0.6) is 5.75 Å². The van der Waals surface area contributed by atoms with Crippen molar-refractivity contribution >= 4 is 53.2 Å². The molecule has 0 saturated carbocycles. The van der Waals surface area contributed by atoms with Gasteiger partial charge < -0.3 is 41.8 Å². The molecule has 1 fully saturated rings. The van der Waals surface area contributed by atoms with Crippen molar-refractivity contribution in [1.82, 2.24) is 25.4 Å². The van der Waals surface area contributed by atoms with Crippen LogP contribution in [0, 0.1) is 0 Å². The number of anilines is 1. The quantitative estimate of drug-likeness (QED) is 0.0991. The number of hydrogen-bond acceptors (Lipinski definition) is 12. The van der Waals surface area contributed by atoms with Gasteiger partial charge in [-0.25, -0.2) is 23.4 Å². The highest BCUT2D eigenvalue weighted by atomic mass is 32.1. The summed E-state index contributed by atoms with van der Waals surface area (Å²) in [6.07, 6.45) is -0.190. The van der Waals surface area contributed by atoms with Crippen molar-refractivity contribution in [3.05, 3.63) is 40.4 Å². The highest BCUT2D eigenvalue weighted by molar-refractivity contribution is 7.13. The number of carbonyl (C=O) groups excluding carboxylic acids is 4. The highest BCUT2D eigenvalue weighted by Crippen LogP contribution is 2.37. The molecule has 0 spiro atoms. The van der Waals surface area contributed by atoms with Crippen molar-refractivity contribution in [2.24, 2.45) is 5.73 Å². The van der Waals surface area contributed by atoms with Crippen molar-refractivity contribution in [3.63, 3.8) is 0 Å². The molecule has 2 aliphatic rings. The predicted molar refractivity (Wildman–Crippen MR) is 159 cm³/mol. The molecule has 4 rings (SSSR count). The number of hydrogen-bond donors (Lipinski definition) is 6. The van der Waals surface area contributed by atoms with Crippen LogP contribution in [0.1, 0.15) is 34.1 Å². The smallest absolute Gasteiger partial charge is 0.526 e. The number of carboxylic acid groups (broad SMARTS) is 1. The highest BCUT2D eigenvalue weighted by Gasteiger charge is 2.41. The van der Waals surface area contributed by atoms with E-state index in [4.69, 9.17) is 16.1 Å². The number of nitrogens with zero attached hydrogens (tertiary/aromatic N) is 3. The third-order valence-electron chi connectivity index (χ3n) is 6.84. The average Bonchev–Trinajstić information content (AvgIpc) is 3.44. The topological polar surface area (TPSA) is 231 Å². The fraction of sp³-hybridized carbons (Fsp3) is 0.462. The van der Waals surface area contributed by atoms with Crippen molar-refractivity contribution < 1.29 is 47.5 Å². The van der Waals surface area contributed by atoms with Gasteiger partial charge in [0.25, 0.3) is 0 Å². The Labute approximate surface area is 261 Å². The van der Waals surface area contributed by atoms with Crippen molar-refractivity contribution in [3.8, 4) is 5.75 Å². The zero-order chi connectivity index (χ0) is 33.1. The van der Waals surface area contributed by atoms with Crippen LogP contribution in [0.2, 0.25) is 5.82 Å². The van der Waals surface area contributed by atoms with Gasteiger partial charge in [-0.2, -0.15) is 0 Å². The number of aromatic carboxylic acids is 1. The molecule has 1 aromatic heterocycles. The Bertz CT molecular complexity index is 1380. The van der Waals surface area contributed by atoms with E-state index in [1.54, 1.807) is 6.07 Å². The summed E-state index contributed by atoms with van der Waals surface area (Å²) in [6, 6.07) is 2.08. The van der Waals surface area contributed by atoms with E-state index in [9.17, 15) is 42.9 Å². The summed E-state index contributed by atoms with van der Waals surface area (Å²) < 4.78 is 29.3. The lowest BCUT2D eigenvalue weighted by Gasteiger charge is -2.33. The molecule has 15 nitrogen and oxygen atoms in total. The molecule has 1 aromatic carbocycles. The lowest BCUT2D eigenvalue weighted by atomic mass is 9.64. The molecule has 2 aliphatic heterocycles. The summed E-state index contributed by atoms with van der Waals surface area (Å²) in [5.41, 5.74) is 11.2. The second-order valence-corrected chi connectivity index (χ2v) is 10.8. The van der Waals surface area contributed by atoms with E-state index in [-0.39, 0.29) is 61.3 Å². The standard InChI is InChI=1S/C22H23BFN5O8S.C4H11FN2/c24-4-5-28-6-7-29(19(32)18(28)31)22(35)27-16(14-10-38-21(25)26-14)15(30)9-12-8-11-2-1-3-13(20(33)34)17(11)37-23(12)36;5-1-3-7-4-2-6/h1-3,10,12,16,36H,4-9H2,(H2,25,26)(H,27,35)(H,33,34);7H,1-4,6H2/t12-,16?;/m1./s1. The normalized spacial score (nSPS) is 16.7. The van der Waals surface area contributed by atoms with Crippen LogP contribution in [-0.4, -0.2) is 114 Å². The first-order valence-corrected chi connectivity index (χ1v) is 14.8. The van der Waals surface area contributed by atoms with E-state index in [1.807, 2.05) is 0 Å². The third-order valence-corrected chi connectivity index (χ3v) is 7.53. The molecular formula is C26H34BF2N7O8S. The van der Waals surface area contributed by atoms with E-state index >= 15 is 0 Å². The number of fused-ring (bicyclic) bond motifs is 1. The van der Waals surface area contributed by atoms with Gasteiger partial charge in [0, 0.05) is 56.9 Å². The van der Waals surface area contributed by atoms with Crippen LogP contribution >= 0.6 is 11.3 Å². The number of thiazole rings is 1. The lowest BCUT2D eigenvalue weighted by molar-refractivity contribution is -0.153. The first kappa shape index (κ1) is 35.3. The van der Waals surface area contributed by atoms with E-state index < -0.39 is 55.3 Å². The minimum atomic E-state index is -1.51. The minimum Gasteiger partial charge on any atom is -0.535 e. The van der Waals surface area contributed by atoms with Gasteiger partial charge in [0.2, 0.25) is 0 Å². The molecule has 2 atom stereocenters. The number of benzene rings is 1. The molecule has 244 valence electrons. The zero-order valence-electron chi connectivity index (χ0n) is 24.1. The van der Waals surface area contributed by atoms with Gasteiger partial charge in [0.05, 0.1) is 11.3 Å². The van der Waals surface area contributed by atoms with E-state index in [0.29, 0.717) is 30.1 Å². The molecule has 1 unspecified atom stereocenters. The number of carboxylic acids is 1. The van der Waals surface area contributed by atoms with Gasteiger partial charge in [0.15, 0.2) is 10.9 Å². The van der Waals surface area contributed by atoms with Crippen molar-refractivity contribution in [2.45, 2.75) is 24.7 Å². The second-order valence-electron chi connectivity index (χ2n) is 9.90. The number of rotatable bonds is 12. The molecule has 3 heterocycles. The fourth-order valence-corrected chi connectivity index (χ4v) is 5.22. The Morgan fingerprint density at radius 3 is 2.56 bits per heavy atom. The lowest BCUT2D eigenvalue weighted by Crippen LogP contribution is -2.59. The largest absolute Gasteiger partial charge is 0.535 e. The molecule has 19 heteroatoms. The van der Waals surface area contributed by atoms with Gasteiger partial charge >= 0.3 is 30.9 Å². The molecule has 8 N–H and O–H groups in total. The van der Waals surface area contributed by atoms with Crippen LogP contribution in [-0.2, 0) is 20.8 Å². The number of nitrogens with one attached hydrogen (secondary N) is 2. The molecule has 45 heavy (non-hydrogen) atoms. The number of carbonyl (C=O) groups is 5. The number of para-hydroxylation sites is 1. The maximum Gasteiger partial charge on any atom is 0.526 e. The molecule has 0 radical (unpaired) electrons. The summed E-state index contributed by atoms with van der Waals surface area (Å²) in [4.78, 5) is 68.1. The van der Waals surface area contributed by atoms with Gasteiger partial charge in [-0.1, -0.05) is 12.1 Å². The minimum absolute atomic E-state index is 0.0170. The molecule has 0 bridgehead atoms. The van der Waals surface area contributed by atoms with Gasteiger partial charge in [0.1, 0.15) is 25.1 Å². The third kappa shape index (κ3) is 9.16. The van der Waals surface area contributed by atoms with Crippen molar-refractivity contribution in [2.75, 3.05) is 58.4 Å². The summed E-state index contributed by atoms with van der Waals surface area (Å²) in [5, 5.41) is 26.7. The Morgan fingerprint density at radius 1 is 1.18 bits per heavy atom. The van der Waals surface area contributed by atoms with E-state index in [2.05, 4.69) is 15.6 Å². The first-order valence-electron chi connectivity index (χ1n) is 13.9. The first-order chi connectivity index (χ1) is 21.5. The van der Waals surface area contributed by atoms with E-state index in [0.717, 1.165) is 16.2 Å². The number of amides is 4. The van der Waals surface area contributed by atoms with Crippen molar-refractivity contribution in [1.29, 1.82) is 0 Å². The summed E-state index contributed by atoms with van der Waals surface area (Å²) in [6.45, 7) is 0.0387. The SMILES string of the molecule is NCCNCCF.Nc1nc(C(NC(=O)N2CCN(CCF)C(=O)C2=O)C(=O)C[C@H]2Cc3cccc(C(=O)O)c3OB2O)cs1. The number of nitrogen functional groups attached to an aromatic ring is 1. The van der Waals surface area contributed by atoms with Crippen LogP contribution < -0.4 is 26.8 Å². The number of imide groups is 1. The summed E-state index contributed by atoms with van der Waals surface area (Å²) >= 11 is 1.02. The number of alkyl halides is 2. The summed E-state index contributed by atoms with van der Waals surface area (Å²) in [7, 11) is -1.51. The number of piperazine rings is 1. The van der Waals surface area contributed by atoms with Gasteiger partial charge in [-0.15, -0.1) is 11.3 Å². The van der Waals surface area contributed by atoms with Gasteiger partial charge in [-0.05, 0) is 18.1 Å². The van der Waals surface area contributed by atoms with Crippen LogP contribution in [0.25, 0.3) is 0 Å².